The van der Waals surface area contributed by atoms with Crippen LogP contribution >= 0.6 is 0 Å². The molecule has 0 fully saturated rings. The van der Waals surface area contributed by atoms with Gasteiger partial charge in [0.05, 0.1) is 17.7 Å². The van der Waals surface area contributed by atoms with E-state index >= 15 is 0 Å². The van der Waals surface area contributed by atoms with Gasteiger partial charge in [-0.1, -0.05) is 0 Å². The molecule has 0 atom stereocenters. The molecule has 158 valence electrons. The maximum Gasteiger partial charge on any atom is 0.340 e. The summed E-state index contributed by atoms with van der Waals surface area (Å²) in [5.41, 5.74) is 5.05. The Bertz CT molecular complexity index is 1290. The smallest absolute Gasteiger partial charge is 0.340 e. The number of carbonyl (C=O) groups excluding carboxylic acids is 3. The van der Waals surface area contributed by atoms with Crippen LogP contribution in [0.1, 0.15) is 17.5 Å². The van der Waals surface area contributed by atoms with Crippen LogP contribution in [-0.4, -0.2) is 37.2 Å². The number of imide groups is 1. The van der Waals surface area contributed by atoms with E-state index in [1.165, 1.54) is 6.92 Å². The number of benzene rings is 1. The van der Waals surface area contributed by atoms with Crippen LogP contribution in [0.3, 0.4) is 0 Å². The third-order valence-corrected chi connectivity index (χ3v) is 5.49. The lowest BCUT2D eigenvalue weighted by Crippen LogP contribution is -2.29. The van der Waals surface area contributed by atoms with Gasteiger partial charge in [-0.2, -0.15) is 8.42 Å². The van der Waals surface area contributed by atoms with Crippen molar-refractivity contribution in [2.75, 3.05) is 12.3 Å². The average molecular weight is 435 g/mol. The van der Waals surface area contributed by atoms with E-state index in [1.807, 2.05) is 0 Å². The quantitative estimate of drug-likeness (QED) is 0.202. The minimum atomic E-state index is -4.60. The van der Waals surface area contributed by atoms with E-state index < -0.39 is 38.4 Å². The zero-order valence-electron chi connectivity index (χ0n) is 15.6. The van der Waals surface area contributed by atoms with Crippen molar-refractivity contribution >= 4 is 44.5 Å². The fourth-order valence-corrected chi connectivity index (χ4v) is 3.68. The maximum absolute atomic E-state index is 12.3. The number of hydrogen-bond acceptors (Lipinski definition) is 8. The summed E-state index contributed by atoms with van der Waals surface area (Å²) in [6.07, 6.45) is 0.917. The minimum absolute atomic E-state index is 0.000869. The Morgan fingerprint density at radius 3 is 2.57 bits per heavy atom. The van der Waals surface area contributed by atoms with Crippen molar-refractivity contribution in [3.8, 4) is 0 Å². The number of carbonyl (C=O) groups is 3. The monoisotopic (exact) mass is 435 g/mol. The molecule has 1 aliphatic rings. The first-order chi connectivity index (χ1) is 14.0. The third kappa shape index (κ3) is 4.23. The number of rotatable bonds is 6. The molecule has 30 heavy (non-hydrogen) atoms. The second-order valence-corrected chi connectivity index (χ2v) is 8.01. The minimum Gasteiger partial charge on any atom is -0.422 e. The van der Waals surface area contributed by atoms with E-state index in [9.17, 15) is 32.1 Å². The largest absolute Gasteiger partial charge is 0.422 e. The van der Waals surface area contributed by atoms with E-state index in [2.05, 4.69) is 10.6 Å². The van der Waals surface area contributed by atoms with Crippen molar-refractivity contribution in [3.05, 3.63) is 45.3 Å². The van der Waals surface area contributed by atoms with Gasteiger partial charge in [0.1, 0.15) is 10.5 Å². The van der Waals surface area contributed by atoms with Crippen molar-refractivity contribution in [1.82, 2.24) is 10.6 Å². The highest BCUT2D eigenvalue weighted by Gasteiger charge is 2.22. The molecule has 1 aromatic heterocycles. The molecule has 1 aromatic carbocycles. The second-order valence-electron chi connectivity index (χ2n) is 6.62. The van der Waals surface area contributed by atoms with Gasteiger partial charge in [-0.25, -0.2) is 4.79 Å². The standard InChI is InChI=1S/C18H17N3O8S/c1-8-10-5-14(30(26,27)28)12(19)7-13(10)29-18(25)11(8)6-15(22)20-3-2-9-4-16(23)21-17(9)24/h4-5,7H,2-3,6,19H2,1H3,(H,20,22)(H,21,23,24)(H,26,27,28). The van der Waals surface area contributed by atoms with Crippen LogP contribution in [0.4, 0.5) is 5.69 Å². The van der Waals surface area contributed by atoms with Crippen molar-refractivity contribution in [1.29, 1.82) is 0 Å². The molecule has 0 radical (unpaired) electrons. The predicted octanol–water partition coefficient (Wildman–Crippen LogP) is -0.438. The summed E-state index contributed by atoms with van der Waals surface area (Å²) < 4.78 is 37.4. The normalized spacial score (nSPS) is 14.0. The number of hydrogen-bond donors (Lipinski definition) is 4. The lowest BCUT2D eigenvalue weighted by atomic mass is 10.0. The zero-order chi connectivity index (χ0) is 22.2. The zero-order valence-corrected chi connectivity index (χ0v) is 16.5. The van der Waals surface area contributed by atoms with Crippen LogP contribution in [0.2, 0.25) is 0 Å². The summed E-state index contributed by atoms with van der Waals surface area (Å²) in [4.78, 5) is 46.5. The Morgan fingerprint density at radius 2 is 1.97 bits per heavy atom. The topological polar surface area (TPSA) is 186 Å². The van der Waals surface area contributed by atoms with Crippen molar-refractivity contribution in [2.24, 2.45) is 0 Å². The molecule has 2 aromatic rings. The molecule has 3 rings (SSSR count). The fourth-order valence-electron chi connectivity index (χ4n) is 3.06. The van der Waals surface area contributed by atoms with Crippen LogP contribution in [0.25, 0.3) is 11.0 Å². The van der Waals surface area contributed by atoms with E-state index in [0.29, 0.717) is 5.56 Å². The molecular weight excluding hydrogens is 418 g/mol. The fraction of sp³-hybridized carbons (Fsp3) is 0.222. The number of anilines is 1. The molecule has 5 N–H and O–H groups in total. The summed E-state index contributed by atoms with van der Waals surface area (Å²) in [7, 11) is -4.60. The Kier molecular flexibility index (Phi) is 5.46. The van der Waals surface area contributed by atoms with Gasteiger partial charge < -0.3 is 15.5 Å². The van der Waals surface area contributed by atoms with E-state index in [0.717, 1.165) is 18.2 Å². The van der Waals surface area contributed by atoms with Gasteiger partial charge in [-0.15, -0.1) is 0 Å². The van der Waals surface area contributed by atoms with Gasteiger partial charge in [0, 0.05) is 29.6 Å². The lowest BCUT2D eigenvalue weighted by molar-refractivity contribution is -0.124. The molecule has 0 unspecified atom stereocenters. The third-order valence-electron chi connectivity index (χ3n) is 4.58. The van der Waals surface area contributed by atoms with Crippen molar-refractivity contribution < 1.29 is 31.8 Å². The molecule has 12 heteroatoms. The first-order valence-electron chi connectivity index (χ1n) is 8.63. The molecule has 0 aliphatic carbocycles. The highest BCUT2D eigenvalue weighted by atomic mass is 32.2. The van der Waals surface area contributed by atoms with Gasteiger partial charge >= 0.3 is 5.63 Å². The van der Waals surface area contributed by atoms with Gasteiger partial charge in [-0.05, 0) is 25.0 Å². The van der Waals surface area contributed by atoms with Crippen LogP contribution in [-0.2, 0) is 30.9 Å². The Labute approximate surface area is 169 Å². The number of nitrogen functional groups attached to an aromatic ring is 1. The SMILES string of the molecule is Cc1c(CC(=O)NCCC2=CC(=O)NC2=O)c(=O)oc2cc(N)c(S(=O)(=O)O)cc12. The number of fused-ring (bicyclic) bond motifs is 1. The Balaban J connectivity index is 1.81. The highest BCUT2D eigenvalue weighted by molar-refractivity contribution is 7.86. The molecule has 0 saturated heterocycles. The summed E-state index contributed by atoms with van der Waals surface area (Å²) >= 11 is 0. The van der Waals surface area contributed by atoms with E-state index in [-0.39, 0.29) is 47.2 Å². The number of aryl methyl sites for hydroxylation is 1. The molecule has 3 amide bonds. The summed E-state index contributed by atoms with van der Waals surface area (Å²) in [6.45, 7) is 1.57. The molecule has 0 spiro atoms. The summed E-state index contributed by atoms with van der Waals surface area (Å²) in [6, 6.07) is 2.18. The predicted molar refractivity (Wildman–Crippen MR) is 104 cm³/mol. The molecular formula is C18H17N3O8S. The van der Waals surface area contributed by atoms with Gasteiger partial charge in [-0.3, -0.25) is 24.3 Å². The van der Waals surface area contributed by atoms with E-state index in [1.54, 1.807) is 0 Å². The number of nitrogens with one attached hydrogen (secondary N) is 2. The van der Waals surface area contributed by atoms with Crippen molar-refractivity contribution in [3.63, 3.8) is 0 Å². The summed E-state index contributed by atoms with van der Waals surface area (Å²) in [5.74, 6) is -1.58. The van der Waals surface area contributed by atoms with E-state index in [4.69, 9.17) is 10.2 Å². The molecule has 0 saturated carbocycles. The van der Waals surface area contributed by atoms with Crippen LogP contribution < -0.4 is 22.0 Å². The summed E-state index contributed by atoms with van der Waals surface area (Å²) in [5, 5.41) is 4.82. The molecule has 0 bridgehead atoms. The first-order valence-corrected chi connectivity index (χ1v) is 10.1. The lowest BCUT2D eigenvalue weighted by Gasteiger charge is -2.10. The average Bonchev–Trinajstić information content (AvgIpc) is 2.94. The number of amides is 3. The molecule has 1 aliphatic heterocycles. The Hall–Kier alpha value is -3.51. The van der Waals surface area contributed by atoms with Gasteiger partial charge in [0.15, 0.2) is 0 Å². The van der Waals surface area contributed by atoms with Crippen LogP contribution in [0, 0.1) is 6.92 Å². The first kappa shape index (κ1) is 21.2. The maximum atomic E-state index is 12.3. The number of nitrogens with two attached hydrogens (primary N) is 1. The van der Waals surface area contributed by atoms with Gasteiger partial charge in [0.25, 0.3) is 21.9 Å². The highest BCUT2D eigenvalue weighted by Crippen LogP contribution is 2.28. The van der Waals surface area contributed by atoms with Crippen LogP contribution in [0.5, 0.6) is 0 Å². The Morgan fingerprint density at radius 1 is 1.27 bits per heavy atom. The molecule has 11 nitrogen and oxygen atoms in total. The molecule has 2 heterocycles. The van der Waals surface area contributed by atoms with Crippen LogP contribution in [0.15, 0.2) is 37.9 Å². The van der Waals surface area contributed by atoms with Gasteiger partial charge in [0.2, 0.25) is 5.91 Å². The van der Waals surface area contributed by atoms with Crippen molar-refractivity contribution in [2.45, 2.75) is 24.7 Å². The second kappa shape index (κ2) is 7.72.